The number of hydrogen-bond donors (Lipinski definition) is 1. The van der Waals surface area contributed by atoms with Gasteiger partial charge in [-0.05, 0) is 69.1 Å². The lowest BCUT2D eigenvalue weighted by Crippen LogP contribution is -2.33. The molecular formula is C19H27NO. The number of hydrogen-bond acceptors (Lipinski definition) is 2. The maximum Gasteiger partial charge on any atom is 0.0981 e. The number of rotatable bonds is 3. The van der Waals surface area contributed by atoms with Crippen LogP contribution in [0.3, 0.4) is 0 Å². The van der Waals surface area contributed by atoms with E-state index in [1.54, 1.807) is 0 Å². The monoisotopic (exact) mass is 285 g/mol. The van der Waals surface area contributed by atoms with E-state index in [-0.39, 0.29) is 0 Å². The molecule has 2 rings (SSSR count). The Labute approximate surface area is 128 Å². The fourth-order valence-electron chi connectivity index (χ4n) is 3.95. The van der Waals surface area contributed by atoms with E-state index in [2.05, 4.69) is 32.0 Å². The normalized spacial score (nSPS) is 27.1. The highest BCUT2D eigenvalue weighted by molar-refractivity contribution is 5.40. The average molecular weight is 285 g/mol. The van der Waals surface area contributed by atoms with E-state index < -0.39 is 11.5 Å². The molecule has 0 amide bonds. The molecule has 1 N–H and O–H groups in total. The molecule has 0 saturated heterocycles. The van der Waals surface area contributed by atoms with E-state index in [4.69, 9.17) is 0 Å². The summed E-state index contributed by atoms with van der Waals surface area (Å²) in [6.45, 7) is 8.38. The molecule has 0 heterocycles. The van der Waals surface area contributed by atoms with Crippen molar-refractivity contribution in [3.63, 3.8) is 0 Å². The van der Waals surface area contributed by atoms with Crippen LogP contribution in [-0.2, 0) is 0 Å². The Morgan fingerprint density at radius 3 is 2.19 bits per heavy atom. The van der Waals surface area contributed by atoms with Crippen molar-refractivity contribution in [2.24, 2.45) is 11.3 Å². The van der Waals surface area contributed by atoms with Crippen LogP contribution in [0.4, 0.5) is 0 Å². The van der Waals surface area contributed by atoms with Gasteiger partial charge in [0, 0.05) is 0 Å². The molecule has 1 unspecified atom stereocenters. The van der Waals surface area contributed by atoms with E-state index in [1.165, 1.54) is 12.0 Å². The van der Waals surface area contributed by atoms with Crippen molar-refractivity contribution in [3.05, 3.63) is 34.4 Å². The summed E-state index contributed by atoms with van der Waals surface area (Å²) >= 11 is 0. The van der Waals surface area contributed by atoms with Gasteiger partial charge in [-0.3, -0.25) is 0 Å². The first-order valence-electron chi connectivity index (χ1n) is 8.10. The third kappa shape index (κ3) is 2.99. The van der Waals surface area contributed by atoms with E-state index in [1.807, 2.05) is 13.8 Å². The molecule has 1 aliphatic carbocycles. The van der Waals surface area contributed by atoms with E-state index in [9.17, 15) is 10.4 Å². The van der Waals surface area contributed by atoms with Gasteiger partial charge in [0.15, 0.2) is 0 Å². The summed E-state index contributed by atoms with van der Waals surface area (Å²) in [5.41, 5.74) is 3.79. The first-order valence-corrected chi connectivity index (χ1v) is 8.10. The SMILES string of the molecule is CCC1CCC(C#N)(C(O)c2c(C)cc(C)cc2C)CC1. The van der Waals surface area contributed by atoms with Crippen LogP contribution in [0, 0.1) is 43.4 Å². The number of benzene rings is 1. The van der Waals surface area contributed by atoms with Crippen LogP contribution in [0.5, 0.6) is 0 Å². The van der Waals surface area contributed by atoms with Gasteiger partial charge in [0.1, 0.15) is 0 Å². The molecule has 1 aromatic carbocycles. The van der Waals surface area contributed by atoms with Crippen molar-refractivity contribution >= 4 is 0 Å². The highest BCUT2D eigenvalue weighted by atomic mass is 16.3. The lowest BCUT2D eigenvalue weighted by atomic mass is 9.65. The second-order valence-corrected chi connectivity index (χ2v) is 6.83. The van der Waals surface area contributed by atoms with Gasteiger partial charge in [-0.2, -0.15) is 5.26 Å². The van der Waals surface area contributed by atoms with Gasteiger partial charge in [-0.25, -0.2) is 0 Å². The van der Waals surface area contributed by atoms with Crippen molar-refractivity contribution in [1.82, 2.24) is 0 Å². The Hall–Kier alpha value is -1.33. The van der Waals surface area contributed by atoms with Gasteiger partial charge >= 0.3 is 0 Å². The highest BCUT2D eigenvalue weighted by Gasteiger charge is 2.43. The van der Waals surface area contributed by atoms with Gasteiger partial charge < -0.3 is 5.11 Å². The molecule has 1 aliphatic rings. The summed E-state index contributed by atoms with van der Waals surface area (Å²) in [6.07, 6.45) is 4.27. The smallest absolute Gasteiger partial charge is 0.0981 e. The molecule has 114 valence electrons. The van der Waals surface area contributed by atoms with Gasteiger partial charge in [0.2, 0.25) is 0 Å². The van der Waals surface area contributed by atoms with Crippen molar-refractivity contribution in [2.75, 3.05) is 0 Å². The Morgan fingerprint density at radius 2 is 1.76 bits per heavy atom. The first-order chi connectivity index (χ1) is 9.93. The summed E-state index contributed by atoms with van der Waals surface area (Å²) < 4.78 is 0. The maximum atomic E-state index is 11.0. The molecule has 2 nitrogen and oxygen atoms in total. The first kappa shape index (κ1) is 16.0. The van der Waals surface area contributed by atoms with Gasteiger partial charge in [0.05, 0.1) is 17.6 Å². The summed E-state index contributed by atoms with van der Waals surface area (Å²) in [6, 6.07) is 6.69. The van der Waals surface area contributed by atoms with Crippen LogP contribution >= 0.6 is 0 Å². The summed E-state index contributed by atoms with van der Waals surface area (Å²) in [7, 11) is 0. The number of nitrogens with zero attached hydrogens (tertiary/aromatic N) is 1. The number of nitriles is 1. The molecule has 0 spiro atoms. The fourth-order valence-corrected chi connectivity index (χ4v) is 3.95. The molecule has 1 saturated carbocycles. The minimum atomic E-state index is -0.666. The van der Waals surface area contributed by atoms with Crippen molar-refractivity contribution in [3.8, 4) is 6.07 Å². The van der Waals surface area contributed by atoms with Crippen LogP contribution < -0.4 is 0 Å². The van der Waals surface area contributed by atoms with Gasteiger partial charge in [-0.15, -0.1) is 0 Å². The molecule has 0 bridgehead atoms. The second-order valence-electron chi connectivity index (χ2n) is 6.83. The minimum absolute atomic E-state index is 0.601. The van der Waals surface area contributed by atoms with Crippen LogP contribution in [0.25, 0.3) is 0 Å². The highest BCUT2D eigenvalue weighted by Crippen LogP contribution is 2.48. The van der Waals surface area contributed by atoms with Crippen molar-refractivity contribution < 1.29 is 5.11 Å². The second kappa shape index (κ2) is 6.20. The summed E-state index contributed by atoms with van der Waals surface area (Å²) in [5, 5.41) is 20.7. The Morgan fingerprint density at radius 1 is 1.24 bits per heavy atom. The minimum Gasteiger partial charge on any atom is -0.387 e. The zero-order valence-corrected chi connectivity index (χ0v) is 13.7. The number of aryl methyl sites for hydroxylation is 3. The Bertz CT molecular complexity index is 524. The van der Waals surface area contributed by atoms with Crippen molar-refractivity contribution in [1.29, 1.82) is 5.26 Å². The Kier molecular flexibility index (Phi) is 4.74. The van der Waals surface area contributed by atoms with E-state index in [0.29, 0.717) is 0 Å². The fraction of sp³-hybridized carbons (Fsp3) is 0.632. The molecule has 1 atom stereocenters. The molecule has 0 aromatic heterocycles. The molecule has 1 fully saturated rings. The molecular weight excluding hydrogens is 258 g/mol. The summed E-state index contributed by atoms with van der Waals surface area (Å²) in [4.78, 5) is 0. The van der Waals surface area contributed by atoms with Crippen LogP contribution in [0.1, 0.15) is 67.4 Å². The largest absolute Gasteiger partial charge is 0.387 e. The Balaban J connectivity index is 2.34. The zero-order valence-electron chi connectivity index (χ0n) is 13.7. The summed E-state index contributed by atoms with van der Waals surface area (Å²) in [5.74, 6) is 0.721. The van der Waals surface area contributed by atoms with Crippen molar-refractivity contribution in [2.45, 2.75) is 65.9 Å². The lowest BCUT2D eigenvalue weighted by molar-refractivity contribution is 0.0234. The topological polar surface area (TPSA) is 44.0 Å². The molecule has 2 heteroatoms. The standard InChI is InChI=1S/C19H27NO/c1-5-16-6-8-19(12-20,9-7-16)18(21)17-14(3)10-13(2)11-15(17)4/h10-11,16,18,21H,5-9H2,1-4H3. The van der Waals surface area contributed by atoms with Crippen LogP contribution in [0.2, 0.25) is 0 Å². The average Bonchev–Trinajstić information content (AvgIpc) is 2.46. The third-order valence-corrected chi connectivity index (χ3v) is 5.33. The quantitative estimate of drug-likeness (QED) is 0.870. The van der Waals surface area contributed by atoms with Gasteiger partial charge in [-0.1, -0.05) is 31.0 Å². The number of aliphatic hydroxyl groups is 1. The van der Waals surface area contributed by atoms with Crippen LogP contribution in [-0.4, -0.2) is 5.11 Å². The predicted molar refractivity (Wildman–Crippen MR) is 85.9 cm³/mol. The molecule has 21 heavy (non-hydrogen) atoms. The number of aliphatic hydroxyl groups excluding tert-OH is 1. The van der Waals surface area contributed by atoms with Crippen LogP contribution in [0.15, 0.2) is 12.1 Å². The lowest BCUT2D eigenvalue weighted by Gasteiger charge is -2.39. The molecule has 0 aliphatic heterocycles. The third-order valence-electron chi connectivity index (χ3n) is 5.33. The maximum absolute atomic E-state index is 11.0. The van der Waals surface area contributed by atoms with E-state index in [0.717, 1.165) is 48.3 Å². The van der Waals surface area contributed by atoms with Gasteiger partial charge in [0.25, 0.3) is 0 Å². The predicted octanol–water partition coefficient (Wildman–Crippen LogP) is 4.76. The zero-order chi connectivity index (χ0) is 15.6. The molecule has 1 aromatic rings. The molecule has 0 radical (unpaired) electrons. The van der Waals surface area contributed by atoms with E-state index >= 15 is 0 Å².